The Hall–Kier alpha value is -3.85. The van der Waals surface area contributed by atoms with Gasteiger partial charge in [-0.2, -0.15) is 0 Å². The molecule has 32 heavy (non-hydrogen) atoms. The molecule has 6 amide bonds. The summed E-state index contributed by atoms with van der Waals surface area (Å²) in [7, 11) is -5.90. The number of carbonyl (C=O) groups is 3. The van der Waals surface area contributed by atoms with Crippen molar-refractivity contribution in [3.05, 3.63) is 48.5 Å². The minimum atomic E-state index is -4.33. The van der Waals surface area contributed by atoms with Crippen molar-refractivity contribution < 1.29 is 40.7 Å². The first-order valence-electron chi connectivity index (χ1n) is 8.46. The Balaban J connectivity index is 1.92. The summed E-state index contributed by atoms with van der Waals surface area (Å²) in [6.07, 6.45) is 0. The molecule has 0 aliphatic rings. The van der Waals surface area contributed by atoms with Crippen molar-refractivity contribution in [2.24, 2.45) is 0 Å². The second-order valence-electron chi connectivity index (χ2n) is 5.80. The maximum absolute atomic E-state index is 12.1. The number of amides is 6. The molecule has 0 spiro atoms. The van der Waals surface area contributed by atoms with Gasteiger partial charge in [0.2, 0.25) is 0 Å². The van der Waals surface area contributed by atoms with Crippen LogP contribution in [0.15, 0.2) is 58.3 Å². The minimum Gasteiger partial charge on any atom is -0.497 e. The normalized spacial score (nSPS) is 11.1. The Morgan fingerprint density at radius 3 is 1.19 bits per heavy atom. The van der Waals surface area contributed by atoms with E-state index < -0.39 is 38.1 Å². The Morgan fingerprint density at radius 2 is 0.906 bits per heavy atom. The number of nitrogens with one attached hydrogen (secondary N) is 4. The summed E-state index contributed by atoms with van der Waals surface area (Å²) in [5.74, 6) is 0.756. The summed E-state index contributed by atoms with van der Waals surface area (Å²) in [6, 6.07) is 5.55. The van der Waals surface area contributed by atoms with E-state index in [1.54, 1.807) is 9.44 Å². The lowest BCUT2D eigenvalue weighted by Crippen LogP contribution is -2.51. The second-order valence-corrected chi connectivity index (χ2v) is 9.16. The van der Waals surface area contributed by atoms with E-state index in [1.165, 1.54) is 49.1 Å². The molecule has 0 aliphatic carbocycles. The molecule has 2 aromatic carbocycles. The molecule has 0 bridgehead atoms. The highest BCUT2D eigenvalue weighted by molar-refractivity contribution is 7.90. The fourth-order valence-corrected chi connectivity index (χ4v) is 3.97. The number of hydrogen-bond donors (Lipinski definition) is 4. The molecule has 172 valence electrons. The van der Waals surface area contributed by atoms with Crippen molar-refractivity contribution >= 4 is 38.1 Å². The number of methoxy groups -OCH3 is 2. The first-order chi connectivity index (χ1) is 15.0. The predicted octanol–water partition coefficient (Wildman–Crippen LogP) is 0.500. The molecular weight excluding hydrogens is 468 g/mol. The van der Waals surface area contributed by atoms with Crippen LogP contribution in [0.4, 0.5) is 14.4 Å². The van der Waals surface area contributed by atoms with Crippen LogP contribution in [0.2, 0.25) is 0 Å². The van der Waals surface area contributed by atoms with Crippen molar-refractivity contribution in [3.8, 4) is 11.5 Å². The van der Waals surface area contributed by atoms with Crippen molar-refractivity contribution in [3.63, 3.8) is 0 Å². The van der Waals surface area contributed by atoms with Gasteiger partial charge in [0, 0.05) is 0 Å². The monoisotopic (exact) mass is 486 g/mol. The molecule has 0 saturated heterocycles. The van der Waals surface area contributed by atoms with Crippen LogP contribution in [0.25, 0.3) is 0 Å². The number of ether oxygens (including phenoxy) is 2. The highest BCUT2D eigenvalue weighted by Crippen LogP contribution is 2.16. The first kappa shape index (κ1) is 24.4. The third kappa shape index (κ3) is 6.58. The van der Waals surface area contributed by atoms with Gasteiger partial charge in [-0.1, -0.05) is 0 Å². The summed E-state index contributed by atoms with van der Waals surface area (Å²) >= 11 is 0. The number of carbonyl (C=O) groups excluding carboxylic acids is 3. The Labute approximate surface area is 183 Å². The van der Waals surface area contributed by atoms with Crippen LogP contribution < -0.4 is 29.6 Å². The molecule has 0 heterocycles. The molecule has 0 atom stereocenters. The second kappa shape index (κ2) is 9.97. The largest absolute Gasteiger partial charge is 0.497 e. The molecule has 0 fully saturated rings. The van der Waals surface area contributed by atoms with Crippen molar-refractivity contribution in [2.45, 2.75) is 9.79 Å². The lowest BCUT2D eigenvalue weighted by Gasteiger charge is -2.10. The fraction of sp³-hybridized carbons (Fsp3) is 0.118. The summed E-state index contributed by atoms with van der Waals surface area (Å²) in [4.78, 5) is 34.7. The molecule has 0 saturated carbocycles. The molecule has 4 N–H and O–H groups in total. The molecule has 0 aliphatic heterocycles. The van der Waals surface area contributed by atoms with Crippen LogP contribution in [0.3, 0.4) is 0 Å². The zero-order chi connectivity index (χ0) is 23.9. The van der Waals surface area contributed by atoms with Crippen molar-refractivity contribution in [1.82, 2.24) is 20.1 Å². The molecule has 2 rings (SSSR count). The predicted molar refractivity (Wildman–Crippen MR) is 109 cm³/mol. The Morgan fingerprint density at radius 1 is 0.594 bits per heavy atom. The molecule has 0 unspecified atom stereocenters. The summed E-state index contributed by atoms with van der Waals surface area (Å²) in [5.41, 5.74) is 0. The number of benzene rings is 2. The summed E-state index contributed by atoms with van der Waals surface area (Å²) < 4.78 is 61.4. The molecule has 2 aromatic rings. The van der Waals surface area contributed by atoms with E-state index in [4.69, 9.17) is 9.47 Å². The van der Waals surface area contributed by atoms with Gasteiger partial charge in [0.05, 0.1) is 24.0 Å². The van der Waals surface area contributed by atoms with E-state index in [1.807, 2.05) is 0 Å². The SMILES string of the molecule is COc1ccc(S(=O)(=O)NC(=O)NC(=O)NC(=O)NS(=O)(=O)c2ccc(OC)cc2)cc1. The number of urea groups is 3. The quantitative estimate of drug-likeness (QED) is 0.451. The van der Waals surface area contributed by atoms with Crippen LogP contribution in [-0.4, -0.2) is 49.1 Å². The van der Waals surface area contributed by atoms with Crippen LogP contribution in [0.5, 0.6) is 11.5 Å². The smallest absolute Gasteiger partial charge is 0.336 e. The maximum Gasteiger partial charge on any atom is 0.336 e. The van der Waals surface area contributed by atoms with Crippen molar-refractivity contribution in [1.29, 1.82) is 0 Å². The van der Waals surface area contributed by atoms with Crippen LogP contribution in [0.1, 0.15) is 0 Å². The number of rotatable bonds is 6. The van der Waals surface area contributed by atoms with E-state index in [9.17, 15) is 31.2 Å². The zero-order valence-corrected chi connectivity index (χ0v) is 18.2. The molecule has 0 radical (unpaired) electrons. The van der Waals surface area contributed by atoms with Crippen LogP contribution >= 0.6 is 0 Å². The summed E-state index contributed by atoms with van der Waals surface area (Å²) in [6.45, 7) is 0. The minimum absolute atomic E-state index is 0.294. The first-order valence-corrected chi connectivity index (χ1v) is 11.4. The average Bonchev–Trinajstić information content (AvgIpc) is 2.72. The zero-order valence-electron chi connectivity index (χ0n) is 16.6. The number of imide groups is 2. The van der Waals surface area contributed by atoms with E-state index in [0.717, 1.165) is 24.3 Å². The highest BCUT2D eigenvalue weighted by Gasteiger charge is 2.22. The number of hydrogen-bond acceptors (Lipinski definition) is 9. The summed E-state index contributed by atoms with van der Waals surface area (Å²) in [5, 5.41) is 3.05. The van der Waals surface area contributed by atoms with Gasteiger partial charge in [-0.25, -0.2) is 40.7 Å². The third-order valence-corrected chi connectivity index (χ3v) is 6.34. The van der Waals surface area contributed by atoms with Crippen molar-refractivity contribution in [2.75, 3.05) is 14.2 Å². The van der Waals surface area contributed by atoms with Gasteiger partial charge >= 0.3 is 18.1 Å². The maximum atomic E-state index is 12.1. The van der Waals surface area contributed by atoms with E-state index in [0.29, 0.717) is 11.5 Å². The Bertz CT molecular complexity index is 1110. The molecule has 15 heteroatoms. The van der Waals surface area contributed by atoms with E-state index >= 15 is 0 Å². The van der Waals surface area contributed by atoms with E-state index in [2.05, 4.69) is 0 Å². The van der Waals surface area contributed by atoms with Gasteiger partial charge < -0.3 is 9.47 Å². The molecule has 0 aromatic heterocycles. The lowest BCUT2D eigenvalue weighted by atomic mass is 10.3. The van der Waals surface area contributed by atoms with Gasteiger partial charge in [-0.3, -0.25) is 10.6 Å². The van der Waals surface area contributed by atoms with Gasteiger partial charge in [0.1, 0.15) is 11.5 Å². The number of sulfonamides is 2. The molecule has 13 nitrogen and oxygen atoms in total. The van der Waals surface area contributed by atoms with Gasteiger partial charge in [0.25, 0.3) is 20.0 Å². The van der Waals surface area contributed by atoms with Gasteiger partial charge in [-0.15, -0.1) is 0 Å². The third-order valence-electron chi connectivity index (χ3n) is 3.65. The van der Waals surface area contributed by atoms with Crippen LogP contribution in [0, 0.1) is 0 Å². The van der Waals surface area contributed by atoms with Gasteiger partial charge in [0.15, 0.2) is 0 Å². The van der Waals surface area contributed by atoms with Gasteiger partial charge in [-0.05, 0) is 48.5 Å². The highest BCUT2D eigenvalue weighted by atomic mass is 32.2. The molecular formula is C17H18N4O9S2. The van der Waals surface area contributed by atoms with Crippen LogP contribution in [-0.2, 0) is 20.0 Å². The fourth-order valence-electron chi connectivity index (χ4n) is 2.16. The Kier molecular flexibility index (Phi) is 7.61. The average molecular weight is 486 g/mol. The van der Waals surface area contributed by atoms with E-state index in [-0.39, 0.29) is 9.79 Å². The topological polar surface area (TPSA) is 186 Å². The standard InChI is InChI=1S/C17H18N4O9S2/c1-29-11-3-7-13(8-4-11)31(25,26)20-16(23)18-15(22)19-17(24)21-32(27,28)14-9-5-12(30-2)6-10-14/h3-10H,1-2H3,(H4,18,19,20,21,22,23,24). The lowest BCUT2D eigenvalue weighted by molar-refractivity contribution is 0.225.